The number of hydrogen-bond acceptors (Lipinski definition) is 3. The van der Waals surface area contributed by atoms with Crippen molar-refractivity contribution in [1.29, 1.82) is 0 Å². The number of hydrogen-bond donors (Lipinski definition) is 0. The van der Waals surface area contributed by atoms with Crippen molar-refractivity contribution in [1.82, 2.24) is 0 Å². The van der Waals surface area contributed by atoms with Crippen molar-refractivity contribution in [3.63, 3.8) is 0 Å². The van der Waals surface area contributed by atoms with Crippen LogP contribution in [-0.2, 0) is 0 Å². The zero-order valence-corrected chi connectivity index (χ0v) is 12.3. The monoisotopic (exact) mass is 269 g/mol. The average molecular weight is 269 g/mol. The quantitative estimate of drug-likeness (QED) is 0.624. The highest BCUT2D eigenvalue weighted by Gasteiger charge is 2.10. The van der Waals surface area contributed by atoms with Crippen LogP contribution in [0, 0.1) is 13.8 Å². The van der Waals surface area contributed by atoms with Gasteiger partial charge >= 0.3 is 0 Å². The first-order valence-electron chi connectivity index (χ1n) is 6.54. The smallest absolute Gasteiger partial charge is 0.189 e. The topological polar surface area (TPSA) is 33.5 Å². The van der Waals surface area contributed by atoms with E-state index in [0.29, 0.717) is 11.3 Å². The Morgan fingerprint density at radius 3 is 2.30 bits per heavy atom. The lowest BCUT2D eigenvalue weighted by molar-refractivity contribution is 0.104. The van der Waals surface area contributed by atoms with Gasteiger partial charge in [0.2, 0.25) is 0 Å². The third-order valence-corrected chi connectivity index (χ3v) is 3.14. The summed E-state index contributed by atoms with van der Waals surface area (Å²) >= 11 is 0. The van der Waals surface area contributed by atoms with Gasteiger partial charge in [-0.1, -0.05) is 18.2 Å². The molecule has 0 N–H and O–H groups in total. The number of carbonyl (C=O) groups excluding carboxylic acids is 1. The van der Waals surface area contributed by atoms with Gasteiger partial charge in [0.15, 0.2) is 5.78 Å². The molecule has 1 aromatic heterocycles. The molecule has 20 heavy (non-hydrogen) atoms. The maximum absolute atomic E-state index is 12.1. The van der Waals surface area contributed by atoms with Gasteiger partial charge in [0.25, 0.3) is 0 Å². The second kappa shape index (κ2) is 5.78. The molecule has 0 aliphatic rings. The Labute approximate surface area is 119 Å². The maximum Gasteiger partial charge on any atom is 0.189 e. The Morgan fingerprint density at radius 1 is 1.15 bits per heavy atom. The van der Waals surface area contributed by atoms with Crippen LogP contribution < -0.4 is 4.90 Å². The lowest BCUT2D eigenvalue weighted by Gasteiger charge is -2.11. The molecular weight excluding hydrogens is 250 g/mol. The summed E-state index contributed by atoms with van der Waals surface area (Å²) in [6, 6.07) is 9.81. The third-order valence-electron chi connectivity index (χ3n) is 3.14. The highest BCUT2D eigenvalue weighted by atomic mass is 16.3. The van der Waals surface area contributed by atoms with Crippen molar-refractivity contribution in [2.75, 3.05) is 19.0 Å². The lowest BCUT2D eigenvalue weighted by Crippen LogP contribution is -2.07. The van der Waals surface area contributed by atoms with Crippen LogP contribution in [0.15, 0.2) is 40.8 Å². The van der Waals surface area contributed by atoms with E-state index in [9.17, 15) is 4.79 Å². The minimum absolute atomic E-state index is 0.0314. The highest BCUT2D eigenvalue weighted by molar-refractivity contribution is 6.07. The largest absolute Gasteiger partial charge is 0.466 e. The first kappa shape index (κ1) is 14.1. The summed E-state index contributed by atoms with van der Waals surface area (Å²) in [4.78, 5) is 14.1. The molecule has 2 aromatic rings. The molecule has 1 aromatic carbocycles. The van der Waals surface area contributed by atoms with Crippen LogP contribution >= 0.6 is 0 Å². The first-order chi connectivity index (χ1) is 9.47. The molecule has 0 aliphatic carbocycles. The number of benzene rings is 1. The number of nitrogens with zero attached hydrogens (tertiary/aromatic N) is 1. The summed E-state index contributed by atoms with van der Waals surface area (Å²) in [5.41, 5.74) is 2.76. The predicted octanol–water partition coefficient (Wildman–Crippen LogP) is 3.86. The summed E-state index contributed by atoms with van der Waals surface area (Å²) in [7, 11) is 4.00. The summed E-state index contributed by atoms with van der Waals surface area (Å²) in [6.07, 6.45) is 3.41. The number of carbonyl (C=O) groups is 1. The standard InChI is InChI=1S/C17H19NO2/c1-12-11-16(13(2)20-12)17(19)10-7-14-5-8-15(9-6-14)18(3)4/h5-11H,1-4H3/b10-7+. The van der Waals surface area contributed by atoms with E-state index in [1.54, 1.807) is 19.1 Å². The molecule has 0 amide bonds. The molecule has 0 saturated heterocycles. The Morgan fingerprint density at radius 2 is 1.80 bits per heavy atom. The number of furan rings is 1. The van der Waals surface area contributed by atoms with Gasteiger partial charge in [-0.2, -0.15) is 0 Å². The Hall–Kier alpha value is -2.29. The normalized spacial score (nSPS) is 11.0. The fourth-order valence-electron chi connectivity index (χ4n) is 2.02. The van der Waals surface area contributed by atoms with Crippen LogP contribution in [0.3, 0.4) is 0 Å². The van der Waals surface area contributed by atoms with Gasteiger partial charge in [0, 0.05) is 19.8 Å². The predicted molar refractivity (Wildman–Crippen MR) is 82.3 cm³/mol. The van der Waals surface area contributed by atoms with Gasteiger partial charge in [-0.05, 0) is 43.7 Å². The minimum Gasteiger partial charge on any atom is -0.466 e. The summed E-state index contributed by atoms with van der Waals surface area (Å²) in [5, 5.41) is 0. The summed E-state index contributed by atoms with van der Waals surface area (Å²) in [6.45, 7) is 3.65. The summed E-state index contributed by atoms with van der Waals surface area (Å²) < 4.78 is 5.37. The van der Waals surface area contributed by atoms with Crippen LogP contribution in [0.25, 0.3) is 6.08 Å². The van der Waals surface area contributed by atoms with Crippen molar-refractivity contribution in [3.05, 3.63) is 59.1 Å². The molecule has 0 bridgehead atoms. The maximum atomic E-state index is 12.1. The van der Waals surface area contributed by atoms with Crippen molar-refractivity contribution >= 4 is 17.5 Å². The van der Waals surface area contributed by atoms with Crippen LogP contribution in [-0.4, -0.2) is 19.9 Å². The molecular formula is C17H19NO2. The molecule has 2 rings (SSSR count). The van der Waals surface area contributed by atoms with E-state index in [4.69, 9.17) is 4.42 Å². The van der Waals surface area contributed by atoms with Crippen LogP contribution in [0.4, 0.5) is 5.69 Å². The first-order valence-corrected chi connectivity index (χ1v) is 6.54. The van der Waals surface area contributed by atoms with Crippen LogP contribution in [0.2, 0.25) is 0 Å². The molecule has 0 radical (unpaired) electrons. The second-order valence-corrected chi connectivity index (χ2v) is 5.01. The number of allylic oxidation sites excluding steroid dienone is 1. The van der Waals surface area contributed by atoms with Gasteiger partial charge in [-0.3, -0.25) is 4.79 Å². The van der Waals surface area contributed by atoms with Gasteiger partial charge in [0.1, 0.15) is 11.5 Å². The molecule has 0 spiro atoms. The van der Waals surface area contributed by atoms with Crippen molar-refractivity contribution < 1.29 is 9.21 Å². The van der Waals surface area contributed by atoms with E-state index < -0.39 is 0 Å². The fraction of sp³-hybridized carbons (Fsp3) is 0.235. The molecule has 3 nitrogen and oxygen atoms in total. The van der Waals surface area contributed by atoms with E-state index in [0.717, 1.165) is 17.0 Å². The molecule has 3 heteroatoms. The van der Waals surface area contributed by atoms with Crippen LogP contribution in [0.5, 0.6) is 0 Å². The van der Waals surface area contributed by atoms with E-state index in [1.807, 2.05) is 56.3 Å². The fourth-order valence-corrected chi connectivity index (χ4v) is 2.02. The molecule has 1 heterocycles. The zero-order chi connectivity index (χ0) is 14.7. The number of aryl methyl sites for hydroxylation is 2. The number of ketones is 1. The van der Waals surface area contributed by atoms with Crippen LogP contribution in [0.1, 0.15) is 27.4 Å². The van der Waals surface area contributed by atoms with Gasteiger partial charge in [0.05, 0.1) is 5.56 Å². The van der Waals surface area contributed by atoms with E-state index in [1.165, 1.54) is 0 Å². The summed E-state index contributed by atoms with van der Waals surface area (Å²) in [5.74, 6) is 1.39. The third kappa shape index (κ3) is 3.18. The van der Waals surface area contributed by atoms with Gasteiger partial charge in [-0.15, -0.1) is 0 Å². The average Bonchev–Trinajstić information content (AvgIpc) is 2.75. The number of anilines is 1. The van der Waals surface area contributed by atoms with E-state index in [-0.39, 0.29) is 5.78 Å². The van der Waals surface area contributed by atoms with Gasteiger partial charge < -0.3 is 9.32 Å². The highest BCUT2D eigenvalue weighted by Crippen LogP contribution is 2.16. The lowest BCUT2D eigenvalue weighted by atomic mass is 10.1. The Kier molecular flexibility index (Phi) is 4.08. The SMILES string of the molecule is Cc1cc(C(=O)/C=C/c2ccc(N(C)C)cc2)c(C)o1. The Balaban J connectivity index is 2.13. The molecule has 0 atom stereocenters. The van der Waals surface area contributed by atoms with Gasteiger partial charge in [-0.25, -0.2) is 0 Å². The number of rotatable bonds is 4. The second-order valence-electron chi connectivity index (χ2n) is 5.01. The molecule has 0 unspecified atom stereocenters. The molecule has 104 valence electrons. The van der Waals surface area contributed by atoms with Crippen molar-refractivity contribution in [2.45, 2.75) is 13.8 Å². The Bertz CT molecular complexity index is 634. The van der Waals surface area contributed by atoms with Crippen molar-refractivity contribution in [3.8, 4) is 0 Å². The van der Waals surface area contributed by atoms with E-state index >= 15 is 0 Å². The molecule has 0 fully saturated rings. The molecule has 0 saturated carbocycles. The van der Waals surface area contributed by atoms with Crippen molar-refractivity contribution in [2.24, 2.45) is 0 Å². The van der Waals surface area contributed by atoms with E-state index in [2.05, 4.69) is 0 Å². The minimum atomic E-state index is -0.0314. The molecule has 0 aliphatic heterocycles. The zero-order valence-electron chi connectivity index (χ0n) is 12.3.